The minimum absolute atomic E-state index is 0.0885. The van der Waals surface area contributed by atoms with E-state index in [9.17, 15) is 14.7 Å². The number of aromatic nitrogens is 1. The molecule has 3 N–H and O–H groups in total. The van der Waals surface area contributed by atoms with Crippen LogP contribution in [0.1, 0.15) is 10.4 Å². The van der Waals surface area contributed by atoms with Gasteiger partial charge in [-0.15, -0.1) is 0 Å². The third-order valence-corrected chi connectivity index (χ3v) is 2.19. The van der Waals surface area contributed by atoms with Crippen molar-refractivity contribution in [3.05, 3.63) is 58.5 Å². The van der Waals surface area contributed by atoms with E-state index < -0.39 is 5.91 Å². The van der Waals surface area contributed by atoms with Crippen LogP contribution in [0, 0.1) is 0 Å². The van der Waals surface area contributed by atoms with E-state index in [-0.39, 0.29) is 16.9 Å². The fourth-order valence-corrected chi connectivity index (χ4v) is 1.35. The Morgan fingerprint density at radius 1 is 1.18 bits per heavy atom. The summed E-state index contributed by atoms with van der Waals surface area (Å²) in [6, 6.07) is 9.02. The molecule has 5 nitrogen and oxygen atoms in total. The van der Waals surface area contributed by atoms with Gasteiger partial charge in [-0.1, -0.05) is 12.1 Å². The van der Waals surface area contributed by atoms with Gasteiger partial charge in [-0.25, -0.2) is 0 Å². The number of nitrogens with one attached hydrogen (secondary N) is 2. The van der Waals surface area contributed by atoms with E-state index in [1.54, 1.807) is 12.1 Å². The number of hydrogen-bond donors (Lipinski definition) is 3. The van der Waals surface area contributed by atoms with Crippen molar-refractivity contribution in [2.24, 2.45) is 0 Å². The van der Waals surface area contributed by atoms with E-state index in [4.69, 9.17) is 0 Å². The molecule has 5 heteroatoms. The van der Waals surface area contributed by atoms with Gasteiger partial charge in [0.15, 0.2) is 0 Å². The van der Waals surface area contributed by atoms with Crippen LogP contribution >= 0.6 is 0 Å². The Bertz CT molecular complexity index is 584. The second-order valence-electron chi connectivity index (χ2n) is 3.41. The number of aromatic amines is 1. The van der Waals surface area contributed by atoms with Crippen LogP contribution in [0.5, 0.6) is 5.75 Å². The number of pyridine rings is 1. The van der Waals surface area contributed by atoms with E-state index in [0.717, 1.165) is 0 Å². The number of hydrogen-bond acceptors (Lipinski definition) is 3. The number of anilines is 1. The molecule has 0 saturated heterocycles. The number of para-hydroxylation sites is 1. The summed E-state index contributed by atoms with van der Waals surface area (Å²) in [6.45, 7) is 0. The Morgan fingerprint density at radius 2 is 1.94 bits per heavy atom. The predicted octanol–water partition coefficient (Wildman–Crippen LogP) is 1.33. The number of H-pyrrole nitrogens is 1. The van der Waals surface area contributed by atoms with Gasteiger partial charge in [0, 0.05) is 12.3 Å². The fraction of sp³-hybridized carbons (Fsp3) is 0. The molecule has 2 rings (SSSR count). The zero-order valence-electron chi connectivity index (χ0n) is 8.81. The standard InChI is InChI=1S/C12H10N2O3/c15-10-4-2-1-3-9(10)12(17)14-8-5-6-11(16)13-7-8/h1-7,15H,(H,13,16)(H,14,17). The highest BCUT2D eigenvalue weighted by molar-refractivity contribution is 6.05. The third-order valence-electron chi connectivity index (χ3n) is 2.19. The molecule has 0 unspecified atom stereocenters. The molecule has 0 saturated carbocycles. The van der Waals surface area contributed by atoms with Gasteiger partial charge < -0.3 is 15.4 Å². The predicted molar refractivity (Wildman–Crippen MR) is 63.1 cm³/mol. The number of rotatable bonds is 2. The van der Waals surface area contributed by atoms with Crippen molar-refractivity contribution < 1.29 is 9.90 Å². The first-order valence-electron chi connectivity index (χ1n) is 4.95. The second-order valence-corrected chi connectivity index (χ2v) is 3.41. The maximum Gasteiger partial charge on any atom is 0.259 e. The first kappa shape index (κ1) is 10.9. The molecule has 17 heavy (non-hydrogen) atoms. The number of phenols is 1. The minimum atomic E-state index is -0.435. The molecule has 1 aromatic heterocycles. The summed E-state index contributed by atoms with van der Waals surface area (Å²) >= 11 is 0. The van der Waals surface area contributed by atoms with E-state index in [2.05, 4.69) is 10.3 Å². The van der Waals surface area contributed by atoms with E-state index in [1.807, 2.05) is 0 Å². The number of benzene rings is 1. The van der Waals surface area contributed by atoms with Crippen molar-refractivity contribution in [3.8, 4) is 5.75 Å². The zero-order valence-corrected chi connectivity index (χ0v) is 8.81. The van der Waals surface area contributed by atoms with Gasteiger partial charge in [0.25, 0.3) is 5.91 Å². The Labute approximate surface area is 96.7 Å². The lowest BCUT2D eigenvalue weighted by Crippen LogP contribution is -2.13. The quantitative estimate of drug-likeness (QED) is 0.727. The summed E-state index contributed by atoms with van der Waals surface area (Å²) in [5.41, 5.74) is 0.391. The molecular weight excluding hydrogens is 220 g/mol. The van der Waals surface area contributed by atoms with Crippen molar-refractivity contribution in [1.82, 2.24) is 4.98 Å². The number of phenolic OH excluding ortho intramolecular Hbond substituents is 1. The molecule has 2 aromatic rings. The monoisotopic (exact) mass is 230 g/mol. The van der Waals surface area contributed by atoms with Crippen molar-refractivity contribution in [2.75, 3.05) is 5.32 Å². The average Bonchev–Trinajstić information content (AvgIpc) is 2.32. The topological polar surface area (TPSA) is 82.2 Å². The third kappa shape index (κ3) is 2.52. The largest absolute Gasteiger partial charge is 0.507 e. The normalized spacial score (nSPS) is 9.88. The Balaban J connectivity index is 2.20. The highest BCUT2D eigenvalue weighted by atomic mass is 16.3. The molecule has 1 aromatic carbocycles. The van der Waals surface area contributed by atoms with Crippen LogP contribution in [0.25, 0.3) is 0 Å². The van der Waals surface area contributed by atoms with Crippen LogP contribution in [-0.2, 0) is 0 Å². The molecule has 1 amide bonds. The molecular formula is C12H10N2O3. The smallest absolute Gasteiger partial charge is 0.259 e. The first-order chi connectivity index (χ1) is 8.16. The van der Waals surface area contributed by atoms with Crippen LogP contribution < -0.4 is 10.9 Å². The summed E-state index contributed by atoms with van der Waals surface area (Å²) in [4.78, 5) is 25.0. The maximum atomic E-state index is 11.8. The number of carbonyl (C=O) groups excluding carboxylic acids is 1. The van der Waals surface area contributed by atoms with Gasteiger partial charge in [-0.05, 0) is 18.2 Å². The number of carbonyl (C=O) groups is 1. The maximum absolute atomic E-state index is 11.8. The van der Waals surface area contributed by atoms with E-state index >= 15 is 0 Å². The van der Waals surface area contributed by atoms with Gasteiger partial charge in [0.2, 0.25) is 5.56 Å². The Kier molecular flexibility index (Phi) is 2.91. The lowest BCUT2D eigenvalue weighted by molar-refractivity contribution is 0.102. The molecule has 0 aliphatic carbocycles. The highest BCUT2D eigenvalue weighted by Gasteiger charge is 2.09. The number of aromatic hydroxyl groups is 1. The van der Waals surface area contributed by atoms with E-state index in [0.29, 0.717) is 5.69 Å². The summed E-state index contributed by atoms with van der Waals surface area (Å²) in [5, 5.41) is 12.0. The van der Waals surface area contributed by atoms with Gasteiger partial charge >= 0.3 is 0 Å². The summed E-state index contributed by atoms with van der Waals surface area (Å²) in [7, 11) is 0. The lowest BCUT2D eigenvalue weighted by Gasteiger charge is -2.05. The summed E-state index contributed by atoms with van der Waals surface area (Å²) in [5.74, 6) is -0.524. The minimum Gasteiger partial charge on any atom is -0.507 e. The van der Waals surface area contributed by atoms with Crippen LogP contribution in [0.4, 0.5) is 5.69 Å². The fourth-order valence-electron chi connectivity index (χ4n) is 1.35. The van der Waals surface area contributed by atoms with Gasteiger partial charge in [-0.3, -0.25) is 9.59 Å². The van der Waals surface area contributed by atoms with Crippen LogP contribution in [0.15, 0.2) is 47.4 Å². The number of amides is 1. The lowest BCUT2D eigenvalue weighted by atomic mass is 10.2. The van der Waals surface area contributed by atoms with Crippen molar-refractivity contribution in [3.63, 3.8) is 0 Å². The van der Waals surface area contributed by atoms with Crippen LogP contribution in [-0.4, -0.2) is 16.0 Å². The Hall–Kier alpha value is -2.56. The van der Waals surface area contributed by atoms with Crippen LogP contribution in [0.2, 0.25) is 0 Å². The molecule has 0 radical (unpaired) electrons. The van der Waals surface area contributed by atoms with Crippen molar-refractivity contribution >= 4 is 11.6 Å². The van der Waals surface area contributed by atoms with Gasteiger partial charge in [0.1, 0.15) is 5.75 Å². The summed E-state index contributed by atoms with van der Waals surface area (Å²) in [6.07, 6.45) is 1.39. The molecule has 0 spiro atoms. The molecule has 0 aliphatic rings. The molecule has 0 fully saturated rings. The molecule has 0 bridgehead atoms. The molecule has 86 valence electrons. The average molecular weight is 230 g/mol. The second kappa shape index (κ2) is 4.52. The SMILES string of the molecule is O=C(Nc1ccc(=O)[nH]c1)c1ccccc1O. The van der Waals surface area contributed by atoms with E-state index in [1.165, 1.54) is 30.5 Å². The highest BCUT2D eigenvalue weighted by Crippen LogP contribution is 2.16. The van der Waals surface area contributed by atoms with Crippen molar-refractivity contribution in [2.45, 2.75) is 0 Å². The molecule has 0 aliphatic heterocycles. The van der Waals surface area contributed by atoms with Gasteiger partial charge in [0.05, 0.1) is 11.3 Å². The van der Waals surface area contributed by atoms with Gasteiger partial charge in [-0.2, -0.15) is 0 Å². The summed E-state index contributed by atoms with van der Waals surface area (Å²) < 4.78 is 0. The first-order valence-corrected chi connectivity index (χ1v) is 4.95. The molecule has 0 atom stereocenters. The van der Waals surface area contributed by atoms with Crippen molar-refractivity contribution in [1.29, 1.82) is 0 Å². The van der Waals surface area contributed by atoms with Crippen LogP contribution in [0.3, 0.4) is 0 Å². The molecule has 1 heterocycles. The Morgan fingerprint density at radius 3 is 2.59 bits per heavy atom. The zero-order chi connectivity index (χ0) is 12.3.